The molecule has 3 heterocycles. The van der Waals surface area contributed by atoms with Crippen molar-refractivity contribution in [2.45, 2.75) is 45.1 Å². The predicted molar refractivity (Wildman–Crippen MR) is 142 cm³/mol. The molecule has 5 rings (SSSR count). The number of halogens is 3. The Bertz CT molecular complexity index is 1360. The van der Waals surface area contributed by atoms with E-state index in [-0.39, 0.29) is 35.6 Å². The Balaban J connectivity index is 1.37. The van der Waals surface area contributed by atoms with E-state index in [1.807, 2.05) is 30.9 Å². The molecule has 0 bridgehead atoms. The van der Waals surface area contributed by atoms with Crippen LogP contribution in [-0.4, -0.2) is 53.7 Å². The zero-order chi connectivity index (χ0) is 26.8. The fourth-order valence-electron chi connectivity index (χ4n) is 5.39. The van der Waals surface area contributed by atoms with Crippen LogP contribution >= 0.6 is 0 Å². The minimum atomic E-state index is -0.654. The Hall–Kier alpha value is -3.57. The van der Waals surface area contributed by atoms with Crippen molar-refractivity contribution in [3.63, 3.8) is 0 Å². The molecule has 1 saturated heterocycles. The molecule has 38 heavy (non-hydrogen) atoms. The third kappa shape index (κ3) is 5.34. The summed E-state index contributed by atoms with van der Waals surface area (Å²) in [6.45, 7) is 7.34. The van der Waals surface area contributed by atoms with E-state index >= 15 is 4.39 Å². The van der Waals surface area contributed by atoms with Crippen molar-refractivity contribution < 1.29 is 17.9 Å². The van der Waals surface area contributed by atoms with E-state index in [0.717, 1.165) is 32.1 Å². The van der Waals surface area contributed by atoms with Crippen LogP contribution in [0, 0.1) is 29.8 Å². The number of nitrogens with zero attached hydrogens (tertiary/aromatic N) is 4. The van der Waals surface area contributed by atoms with Gasteiger partial charge >= 0.3 is 0 Å². The molecule has 0 spiro atoms. The van der Waals surface area contributed by atoms with E-state index in [4.69, 9.17) is 11.2 Å². The summed E-state index contributed by atoms with van der Waals surface area (Å²) in [5.74, 6) is 1.83. The van der Waals surface area contributed by atoms with Crippen molar-refractivity contribution in [3.8, 4) is 29.4 Å². The van der Waals surface area contributed by atoms with Crippen molar-refractivity contribution in [1.82, 2.24) is 14.9 Å². The molecule has 0 saturated carbocycles. The van der Waals surface area contributed by atoms with Gasteiger partial charge in [0.05, 0.1) is 25.0 Å². The van der Waals surface area contributed by atoms with Crippen LogP contribution in [0.4, 0.5) is 18.9 Å². The number of benzene rings is 2. The fourth-order valence-corrected chi connectivity index (χ4v) is 5.39. The van der Waals surface area contributed by atoms with E-state index in [2.05, 4.69) is 20.8 Å². The molecule has 8 heteroatoms. The summed E-state index contributed by atoms with van der Waals surface area (Å²) in [6.07, 6.45) is 8.43. The molecule has 0 N–H and O–H groups in total. The van der Waals surface area contributed by atoms with Crippen LogP contribution in [0.1, 0.15) is 49.6 Å². The highest BCUT2D eigenvalue weighted by Crippen LogP contribution is 2.39. The zero-order valence-electron chi connectivity index (χ0n) is 21.7. The van der Waals surface area contributed by atoms with Gasteiger partial charge in [-0.15, -0.1) is 6.42 Å². The van der Waals surface area contributed by atoms with Gasteiger partial charge in [-0.1, -0.05) is 18.1 Å². The van der Waals surface area contributed by atoms with E-state index in [1.165, 1.54) is 12.1 Å². The summed E-state index contributed by atoms with van der Waals surface area (Å²) in [5, 5.41) is 0. The van der Waals surface area contributed by atoms with Gasteiger partial charge in [-0.05, 0) is 75.0 Å². The topological polar surface area (TPSA) is 41.5 Å². The number of hydrogen-bond donors (Lipinski definition) is 0. The molecular weight excluding hydrogens is 489 g/mol. The number of rotatable bonds is 6. The monoisotopic (exact) mass is 520 g/mol. The lowest BCUT2D eigenvalue weighted by Crippen LogP contribution is -2.38. The SMILES string of the molecule is C#CCN1CCC(c2ccc(Cc3ncc(F)c(-c4cc(F)c5c(c4)N(C(C)C)CCO5)n3)cc2F)CC1. The number of fused-ring (bicyclic) bond motifs is 1. The summed E-state index contributed by atoms with van der Waals surface area (Å²) in [4.78, 5) is 12.8. The van der Waals surface area contributed by atoms with Gasteiger partial charge in [-0.2, -0.15) is 0 Å². The molecule has 2 aliphatic heterocycles. The molecule has 2 aliphatic rings. The van der Waals surface area contributed by atoms with E-state index in [1.54, 1.807) is 6.07 Å². The molecule has 198 valence electrons. The average Bonchev–Trinajstić information content (AvgIpc) is 2.90. The molecule has 5 nitrogen and oxygen atoms in total. The fraction of sp³-hybridized carbons (Fsp3) is 0.400. The van der Waals surface area contributed by atoms with Gasteiger partial charge in [0.25, 0.3) is 0 Å². The van der Waals surface area contributed by atoms with Crippen LogP contribution in [0.5, 0.6) is 5.75 Å². The molecule has 0 aliphatic carbocycles. The number of piperidine rings is 1. The summed E-state index contributed by atoms with van der Waals surface area (Å²) in [5.41, 5.74) is 2.27. The Morgan fingerprint density at radius 3 is 2.55 bits per heavy atom. The normalized spacial score (nSPS) is 16.3. The lowest BCUT2D eigenvalue weighted by molar-refractivity contribution is 0.234. The van der Waals surface area contributed by atoms with Crippen molar-refractivity contribution in [2.24, 2.45) is 0 Å². The van der Waals surface area contributed by atoms with Crippen molar-refractivity contribution in [3.05, 3.63) is 70.9 Å². The van der Waals surface area contributed by atoms with E-state index < -0.39 is 11.6 Å². The maximum Gasteiger partial charge on any atom is 0.178 e. The number of hydrogen-bond acceptors (Lipinski definition) is 5. The van der Waals surface area contributed by atoms with Gasteiger partial charge in [-0.3, -0.25) is 4.90 Å². The first-order chi connectivity index (χ1) is 18.3. The van der Waals surface area contributed by atoms with Crippen LogP contribution in [0.3, 0.4) is 0 Å². The third-order valence-corrected chi connectivity index (χ3v) is 7.37. The third-order valence-electron chi connectivity index (χ3n) is 7.37. The standard InChI is InChI=1S/C30H31F3N4O/c1-4-9-36-10-7-21(8-11-36)23-6-5-20(14-24(23)31)15-28-34-18-26(33)29(35-28)22-16-25(32)30-27(17-22)37(19(2)3)12-13-38-30/h1,5-6,14,16-19,21H,7-13,15H2,2-3H3. The highest BCUT2D eigenvalue weighted by Gasteiger charge is 2.26. The Labute approximate surface area is 221 Å². The highest BCUT2D eigenvalue weighted by atomic mass is 19.1. The summed E-state index contributed by atoms with van der Waals surface area (Å²) < 4.78 is 50.4. The molecule has 1 fully saturated rings. The number of likely N-dealkylation sites (tertiary alicyclic amines) is 1. The first kappa shape index (κ1) is 26.1. The van der Waals surface area contributed by atoms with Gasteiger partial charge in [-0.25, -0.2) is 23.1 Å². The molecule has 0 radical (unpaired) electrons. The minimum absolute atomic E-state index is 0.00167. The Morgan fingerprint density at radius 1 is 1.05 bits per heavy atom. The van der Waals surface area contributed by atoms with Crippen LogP contribution in [0.2, 0.25) is 0 Å². The van der Waals surface area contributed by atoms with Gasteiger partial charge in [0.15, 0.2) is 17.4 Å². The lowest BCUT2D eigenvalue weighted by Gasteiger charge is -2.34. The summed E-state index contributed by atoms with van der Waals surface area (Å²) >= 11 is 0. The largest absolute Gasteiger partial charge is 0.486 e. The average molecular weight is 521 g/mol. The number of aromatic nitrogens is 2. The van der Waals surface area contributed by atoms with Gasteiger partial charge in [0.2, 0.25) is 0 Å². The van der Waals surface area contributed by atoms with Gasteiger partial charge < -0.3 is 9.64 Å². The van der Waals surface area contributed by atoms with E-state index in [9.17, 15) is 8.78 Å². The second kappa shape index (κ2) is 11.0. The molecule has 3 aromatic rings. The van der Waals surface area contributed by atoms with Gasteiger partial charge in [0.1, 0.15) is 23.9 Å². The molecule has 1 aromatic heterocycles. The second-order valence-corrected chi connectivity index (χ2v) is 10.2. The second-order valence-electron chi connectivity index (χ2n) is 10.2. The number of anilines is 1. The molecule has 2 aromatic carbocycles. The van der Waals surface area contributed by atoms with Crippen LogP contribution < -0.4 is 9.64 Å². The predicted octanol–water partition coefficient (Wildman–Crippen LogP) is 5.57. The Kier molecular flexibility index (Phi) is 7.57. The number of terminal acetylenes is 1. The summed E-state index contributed by atoms with van der Waals surface area (Å²) in [7, 11) is 0. The van der Waals surface area contributed by atoms with Crippen LogP contribution in [0.25, 0.3) is 11.3 Å². The minimum Gasteiger partial charge on any atom is -0.486 e. The first-order valence-corrected chi connectivity index (χ1v) is 13.0. The van der Waals surface area contributed by atoms with Crippen molar-refractivity contribution in [2.75, 3.05) is 37.7 Å². The highest BCUT2D eigenvalue weighted by molar-refractivity contribution is 5.72. The van der Waals surface area contributed by atoms with Crippen LogP contribution in [-0.2, 0) is 6.42 Å². The molecule has 0 atom stereocenters. The summed E-state index contributed by atoms with van der Waals surface area (Å²) in [6, 6.07) is 8.26. The maximum absolute atomic E-state index is 15.1. The number of ether oxygens (including phenoxy) is 1. The zero-order valence-corrected chi connectivity index (χ0v) is 21.7. The van der Waals surface area contributed by atoms with Crippen molar-refractivity contribution >= 4 is 5.69 Å². The first-order valence-electron chi connectivity index (χ1n) is 13.0. The smallest absolute Gasteiger partial charge is 0.178 e. The Morgan fingerprint density at radius 2 is 1.84 bits per heavy atom. The molecule has 0 amide bonds. The van der Waals surface area contributed by atoms with E-state index in [0.29, 0.717) is 47.9 Å². The van der Waals surface area contributed by atoms with Crippen LogP contribution in [0.15, 0.2) is 36.5 Å². The quantitative estimate of drug-likeness (QED) is 0.398. The lowest BCUT2D eigenvalue weighted by atomic mass is 9.88. The molecular formula is C30H31F3N4O. The maximum atomic E-state index is 15.1. The van der Waals surface area contributed by atoms with Crippen molar-refractivity contribution in [1.29, 1.82) is 0 Å². The van der Waals surface area contributed by atoms with Gasteiger partial charge in [0, 0.05) is 18.0 Å². The molecule has 0 unspecified atom stereocenters.